The summed E-state index contributed by atoms with van der Waals surface area (Å²) in [5, 5.41) is 2.95. The van der Waals surface area contributed by atoms with Gasteiger partial charge in [0.1, 0.15) is 18.5 Å². The maximum absolute atomic E-state index is 10.8. The van der Waals surface area contributed by atoms with Crippen LogP contribution < -0.4 is 15.8 Å². The van der Waals surface area contributed by atoms with E-state index in [9.17, 15) is 4.79 Å². The van der Waals surface area contributed by atoms with Gasteiger partial charge < -0.3 is 20.5 Å². The molecule has 1 aliphatic heterocycles. The van der Waals surface area contributed by atoms with Crippen LogP contribution in [-0.4, -0.2) is 25.3 Å². The second-order valence-corrected chi connectivity index (χ2v) is 3.83. The zero-order chi connectivity index (χ0) is 11.5. The van der Waals surface area contributed by atoms with Crippen LogP contribution in [0.15, 0.2) is 18.2 Å². The fraction of sp³-hybridized carbons (Fsp3) is 0.300. The van der Waals surface area contributed by atoms with Crippen molar-refractivity contribution in [3.05, 3.63) is 23.2 Å². The van der Waals surface area contributed by atoms with E-state index in [0.717, 1.165) is 0 Å². The first-order valence-corrected chi connectivity index (χ1v) is 5.13. The molecular formula is C10H11ClN2O3. The minimum atomic E-state index is -0.658. The van der Waals surface area contributed by atoms with E-state index in [-0.39, 0.29) is 6.10 Å². The van der Waals surface area contributed by atoms with Crippen LogP contribution >= 0.6 is 11.6 Å². The lowest BCUT2D eigenvalue weighted by molar-refractivity contribution is 0.257. The summed E-state index contributed by atoms with van der Waals surface area (Å²) < 4.78 is 10.5. The SMILES string of the molecule is NC(=O)Nc1cc(Cl)ccc1OCC1CO1. The Hall–Kier alpha value is -1.46. The molecule has 0 aromatic heterocycles. The van der Waals surface area contributed by atoms with Gasteiger partial charge in [-0.1, -0.05) is 11.6 Å². The van der Waals surface area contributed by atoms with Crippen molar-refractivity contribution in [3.8, 4) is 5.75 Å². The largest absolute Gasteiger partial charge is 0.489 e. The lowest BCUT2D eigenvalue weighted by atomic mass is 10.3. The molecule has 2 amide bonds. The van der Waals surface area contributed by atoms with Gasteiger partial charge in [-0.2, -0.15) is 0 Å². The van der Waals surface area contributed by atoms with E-state index in [4.69, 9.17) is 26.8 Å². The summed E-state index contributed by atoms with van der Waals surface area (Å²) in [6.07, 6.45) is 0.150. The Labute approximate surface area is 97.5 Å². The molecule has 86 valence electrons. The van der Waals surface area contributed by atoms with E-state index < -0.39 is 6.03 Å². The van der Waals surface area contributed by atoms with Gasteiger partial charge in [0.05, 0.1) is 12.3 Å². The van der Waals surface area contributed by atoms with E-state index in [1.165, 1.54) is 0 Å². The van der Waals surface area contributed by atoms with Gasteiger partial charge in [-0.15, -0.1) is 0 Å². The van der Waals surface area contributed by atoms with Gasteiger partial charge in [0, 0.05) is 5.02 Å². The number of primary amides is 1. The third-order valence-corrected chi connectivity index (χ3v) is 2.26. The fourth-order valence-corrected chi connectivity index (χ4v) is 1.38. The number of carbonyl (C=O) groups is 1. The average Bonchev–Trinajstić information content (AvgIpc) is 2.99. The minimum absolute atomic E-state index is 0.150. The van der Waals surface area contributed by atoms with Crippen LogP contribution in [0.3, 0.4) is 0 Å². The van der Waals surface area contributed by atoms with Crippen LogP contribution in [0.2, 0.25) is 5.02 Å². The zero-order valence-electron chi connectivity index (χ0n) is 8.40. The number of benzene rings is 1. The molecule has 0 radical (unpaired) electrons. The molecule has 1 aromatic rings. The van der Waals surface area contributed by atoms with E-state index in [2.05, 4.69) is 5.32 Å². The van der Waals surface area contributed by atoms with Crippen LogP contribution in [0.5, 0.6) is 5.75 Å². The van der Waals surface area contributed by atoms with Gasteiger partial charge in [-0.25, -0.2) is 4.79 Å². The number of ether oxygens (including phenoxy) is 2. The summed E-state index contributed by atoms with van der Waals surface area (Å²) in [7, 11) is 0. The molecule has 0 aliphatic carbocycles. The molecule has 0 bridgehead atoms. The standard InChI is InChI=1S/C10H11ClN2O3/c11-6-1-2-9(16-5-7-4-15-7)8(3-6)13-10(12)14/h1-3,7H,4-5H2,(H3,12,13,14). The zero-order valence-corrected chi connectivity index (χ0v) is 9.16. The number of carbonyl (C=O) groups excluding carboxylic acids is 1. The Morgan fingerprint density at radius 2 is 2.44 bits per heavy atom. The van der Waals surface area contributed by atoms with Gasteiger partial charge in [0.25, 0.3) is 0 Å². The van der Waals surface area contributed by atoms with Gasteiger partial charge in [0.2, 0.25) is 0 Å². The molecule has 1 saturated heterocycles. The molecule has 1 unspecified atom stereocenters. The van der Waals surface area contributed by atoms with Crippen molar-refractivity contribution in [1.82, 2.24) is 0 Å². The average molecular weight is 243 g/mol. The Bertz CT molecular complexity index is 407. The van der Waals surface area contributed by atoms with Gasteiger partial charge in [-0.3, -0.25) is 0 Å². The molecule has 6 heteroatoms. The first-order chi connectivity index (χ1) is 7.65. The molecular weight excluding hydrogens is 232 g/mol. The molecule has 1 aromatic carbocycles. The molecule has 2 rings (SSSR count). The smallest absolute Gasteiger partial charge is 0.316 e. The second-order valence-electron chi connectivity index (χ2n) is 3.40. The molecule has 0 spiro atoms. The Balaban J connectivity index is 2.09. The first kappa shape index (κ1) is 11.0. The first-order valence-electron chi connectivity index (χ1n) is 4.75. The summed E-state index contributed by atoms with van der Waals surface area (Å²) in [5.41, 5.74) is 5.50. The van der Waals surface area contributed by atoms with Gasteiger partial charge in [0.15, 0.2) is 0 Å². The highest BCUT2D eigenvalue weighted by Gasteiger charge is 2.23. The molecule has 16 heavy (non-hydrogen) atoms. The normalized spacial score (nSPS) is 17.9. The molecule has 5 nitrogen and oxygen atoms in total. The molecule has 1 fully saturated rings. The predicted octanol–water partition coefficient (Wildman–Crippen LogP) is 1.61. The Kier molecular flexibility index (Phi) is 3.17. The highest BCUT2D eigenvalue weighted by Crippen LogP contribution is 2.28. The predicted molar refractivity (Wildman–Crippen MR) is 59.9 cm³/mol. The number of hydrogen-bond acceptors (Lipinski definition) is 3. The number of nitrogens with one attached hydrogen (secondary N) is 1. The summed E-state index contributed by atoms with van der Waals surface area (Å²) >= 11 is 5.80. The van der Waals surface area contributed by atoms with Crippen molar-refractivity contribution >= 4 is 23.3 Å². The van der Waals surface area contributed by atoms with Crippen molar-refractivity contribution in [2.75, 3.05) is 18.5 Å². The molecule has 1 atom stereocenters. The number of nitrogens with two attached hydrogens (primary N) is 1. The van der Waals surface area contributed by atoms with Crippen molar-refractivity contribution in [1.29, 1.82) is 0 Å². The Morgan fingerprint density at radius 1 is 1.69 bits per heavy atom. The number of amides is 2. The summed E-state index contributed by atoms with van der Waals surface area (Å²) in [6.45, 7) is 1.17. The number of halogens is 1. The van der Waals surface area contributed by atoms with E-state index in [1.807, 2.05) is 0 Å². The van der Waals surface area contributed by atoms with Crippen molar-refractivity contribution in [3.63, 3.8) is 0 Å². The number of urea groups is 1. The van der Waals surface area contributed by atoms with Crippen molar-refractivity contribution in [2.45, 2.75) is 6.10 Å². The van der Waals surface area contributed by atoms with Crippen LogP contribution in [0.25, 0.3) is 0 Å². The lowest BCUT2D eigenvalue weighted by Gasteiger charge is -2.10. The molecule has 0 saturated carbocycles. The number of hydrogen-bond donors (Lipinski definition) is 2. The minimum Gasteiger partial charge on any atom is -0.489 e. The monoisotopic (exact) mass is 242 g/mol. The number of rotatable bonds is 4. The van der Waals surface area contributed by atoms with E-state index in [1.54, 1.807) is 18.2 Å². The van der Waals surface area contributed by atoms with Crippen LogP contribution in [0, 0.1) is 0 Å². The molecule has 1 heterocycles. The van der Waals surface area contributed by atoms with Gasteiger partial charge in [-0.05, 0) is 18.2 Å². The second kappa shape index (κ2) is 4.59. The van der Waals surface area contributed by atoms with E-state index in [0.29, 0.717) is 29.7 Å². The molecule has 1 aliphatic rings. The van der Waals surface area contributed by atoms with E-state index >= 15 is 0 Å². The third-order valence-electron chi connectivity index (χ3n) is 2.03. The van der Waals surface area contributed by atoms with Crippen LogP contribution in [0.1, 0.15) is 0 Å². The maximum Gasteiger partial charge on any atom is 0.316 e. The third kappa shape index (κ3) is 3.01. The van der Waals surface area contributed by atoms with Gasteiger partial charge >= 0.3 is 6.03 Å². The lowest BCUT2D eigenvalue weighted by Crippen LogP contribution is -2.20. The topological polar surface area (TPSA) is 76.9 Å². The molecule has 3 N–H and O–H groups in total. The van der Waals surface area contributed by atoms with Crippen LogP contribution in [0.4, 0.5) is 10.5 Å². The fourth-order valence-electron chi connectivity index (χ4n) is 1.21. The Morgan fingerprint density at radius 3 is 3.06 bits per heavy atom. The summed E-state index contributed by atoms with van der Waals surface area (Å²) in [4.78, 5) is 10.8. The van der Waals surface area contributed by atoms with Crippen LogP contribution in [-0.2, 0) is 4.74 Å². The van der Waals surface area contributed by atoms with Crippen molar-refractivity contribution in [2.24, 2.45) is 5.73 Å². The highest BCUT2D eigenvalue weighted by atomic mass is 35.5. The summed E-state index contributed by atoms with van der Waals surface area (Å²) in [6, 6.07) is 4.28. The summed E-state index contributed by atoms with van der Waals surface area (Å²) in [5.74, 6) is 0.527. The number of epoxide rings is 1. The quantitative estimate of drug-likeness (QED) is 0.788. The highest BCUT2D eigenvalue weighted by molar-refractivity contribution is 6.31. The number of anilines is 1. The van der Waals surface area contributed by atoms with Crippen molar-refractivity contribution < 1.29 is 14.3 Å². The maximum atomic E-state index is 10.8.